The van der Waals surface area contributed by atoms with E-state index in [1.54, 1.807) is 6.92 Å². The van der Waals surface area contributed by atoms with E-state index >= 15 is 0 Å². The largest absolute Gasteiger partial charge is 0.450 e. The van der Waals surface area contributed by atoms with Gasteiger partial charge in [0.15, 0.2) is 0 Å². The van der Waals surface area contributed by atoms with Crippen LogP contribution in [0.1, 0.15) is 13.3 Å². The lowest BCUT2D eigenvalue weighted by Gasteiger charge is -2.34. The van der Waals surface area contributed by atoms with Gasteiger partial charge in [0.1, 0.15) is 0 Å². The van der Waals surface area contributed by atoms with Crippen LogP contribution in [-0.4, -0.2) is 70.5 Å². The van der Waals surface area contributed by atoms with E-state index in [2.05, 4.69) is 0 Å². The van der Waals surface area contributed by atoms with E-state index in [0.717, 1.165) is 0 Å². The Labute approximate surface area is 111 Å². The maximum atomic E-state index is 11.7. The highest BCUT2D eigenvalue weighted by Crippen LogP contribution is 2.35. The van der Waals surface area contributed by atoms with Crippen LogP contribution >= 0.6 is 7.60 Å². The molecular formula is C10H19N2O6P. The summed E-state index contributed by atoms with van der Waals surface area (Å²) >= 11 is 0. The first-order chi connectivity index (χ1) is 8.83. The molecule has 9 heteroatoms. The van der Waals surface area contributed by atoms with Gasteiger partial charge in [0.25, 0.3) is 0 Å². The fourth-order valence-corrected chi connectivity index (χ4v) is 2.24. The predicted octanol–water partition coefficient (Wildman–Crippen LogP) is -0.145. The lowest BCUT2D eigenvalue weighted by molar-refractivity contribution is -0.132. The predicted molar refractivity (Wildman–Crippen MR) is 66.7 cm³/mol. The number of ether oxygens (including phenoxy) is 1. The number of hydrogen-bond donors (Lipinski definition) is 2. The van der Waals surface area contributed by atoms with Crippen LogP contribution in [0.5, 0.6) is 0 Å². The highest BCUT2D eigenvalue weighted by atomic mass is 31.2. The fraction of sp³-hybridized carbons (Fsp3) is 0.800. The molecule has 1 fully saturated rings. The summed E-state index contributed by atoms with van der Waals surface area (Å²) < 4.78 is 15.5. The maximum Gasteiger partial charge on any atom is 0.409 e. The minimum atomic E-state index is -4.14. The van der Waals surface area contributed by atoms with Gasteiger partial charge in [0.2, 0.25) is 5.91 Å². The summed E-state index contributed by atoms with van der Waals surface area (Å²) in [5, 5.41) is 0. The first kappa shape index (κ1) is 15.9. The maximum absolute atomic E-state index is 11.7. The van der Waals surface area contributed by atoms with Crippen LogP contribution in [0.3, 0.4) is 0 Å². The van der Waals surface area contributed by atoms with Crippen molar-refractivity contribution >= 4 is 19.6 Å². The van der Waals surface area contributed by atoms with Crippen molar-refractivity contribution < 1.29 is 28.7 Å². The van der Waals surface area contributed by atoms with Gasteiger partial charge in [-0.1, -0.05) is 0 Å². The highest BCUT2D eigenvalue weighted by molar-refractivity contribution is 7.51. The van der Waals surface area contributed by atoms with E-state index in [1.807, 2.05) is 0 Å². The second-order valence-electron chi connectivity index (χ2n) is 4.21. The molecule has 8 nitrogen and oxygen atoms in total. The van der Waals surface area contributed by atoms with Crippen LogP contribution in [0.4, 0.5) is 4.79 Å². The van der Waals surface area contributed by atoms with Crippen LogP contribution < -0.4 is 0 Å². The second-order valence-corrected chi connectivity index (χ2v) is 5.98. The van der Waals surface area contributed by atoms with Crippen molar-refractivity contribution in [2.24, 2.45) is 0 Å². The summed E-state index contributed by atoms with van der Waals surface area (Å²) in [4.78, 5) is 43.6. The van der Waals surface area contributed by atoms with Crippen molar-refractivity contribution in [3.8, 4) is 0 Å². The third kappa shape index (κ3) is 5.59. The molecule has 2 amide bonds. The standard InChI is InChI=1S/C10H19N2O6P/c1-2-18-10(14)12-6-4-11(5-7-12)9(13)3-8-19(15,16)17/h2-8H2,1H3,(H2,15,16,17). The molecule has 19 heavy (non-hydrogen) atoms. The molecule has 0 aromatic rings. The fourth-order valence-electron chi connectivity index (χ4n) is 1.75. The summed E-state index contributed by atoms with van der Waals surface area (Å²) in [5.74, 6) is -0.299. The first-order valence-electron chi connectivity index (χ1n) is 6.07. The zero-order valence-corrected chi connectivity index (χ0v) is 11.7. The van der Waals surface area contributed by atoms with Crippen molar-refractivity contribution in [1.29, 1.82) is 0 Å². The highest BCUT2D eigenvalue weighted by Gasteiger charge is 2.26. The molecule has 0 saturated carbocycles. The zero-order chi connectivity index (χ0) is 14.5. The number of amides is 2. The van der Waals surface area contributed by atoms with E-state index in [0.29, 0.717) is 32.8 Å². The quantitative estimate of drug-likeness (QED) is 0.698. The number of nitrogens with zero attached hydrogens (tertiary/aromatic N) is 2. The van der Waals surface area contributed by atoms with E-state index in [-0.39, 0.29) is 12.3 Å². The average Bonchev–Trinajstić information content (AvgIpc) is 2.35. The summed E-state index contributed by atoms with van der Waals surface area (Å²) in [6, 6.07) is 0. The van der Waals surface area contributed by atoms with E-state index < -0.39 is 19.9 Å². The molecule has 0 spiro atoms. The van der Waals surface area contributed by atoms with Crippen LogP contribution in [0, 0.1) is 0 Å². The molecule has 0 bridgehead atoms. The van der Waals surface area contributed by atoms with E-state index in [4.69, 9.17) is 14.5 Å². The van der Waals surface area contributed by atoms with Gasteiger partial charge in [-0.25, -0.2) is 4.79 Å². The van der Waals surface area contributed by atoms with Crippen molar-refractivity contribution in [2.75, 3.05) is 38.9 Å². The number of rotatable bonds is 4. The smallest absolute Gasteiger partial charge is 0.409 e. The molecule has 1 saturated heterocycles. The van der Waals surface area contributed by atoms with Gasteiger partial charge < -0.3 is 24.3 Å². The Morgan fingerprint density at radius 1 is 1.16 bits per heavy atom. The molecular weight excluding hydrogens is 275 g/mol. The van der Waals surface area contributed by atoms with Crippen LogP contribution in [0.2, 0.25) is 0 Å². The molecule has 110 valence electrons. The normalized spacial score (nSPS) is 16.4. The molecule has 1 aliphatic rings. The molecule has 1 heterocycles. The molecule has 0 aromatic heterocycles. The van der Waals surface area contributed by atoms with Gasteiger partial charge in [-0.2, -0.15) is 0 Å². The molecule has 0 atom stereocenters. The summed E-state index contributed by atoms with van der Waals surface area (Å²) in [7, 11) is -4.14. The Bertz CT molecular complexity index is 374. The summed E-state index contributed by atoms with van der Waals surface area (Å²) in [6.45, 7) is 3.50. The van der Waals surface area contributed by atoms with Crippen LogP contribution in [-0.2, 0) is 14.1 Å². The number of piperazine rings is 1. The first-order valence-corrected chi connectivity index (χ1v) is 7.87. The van der Waals surface area contributed by atoms with Crippen molar-refractivity contribution in [3.05, 3.63) is 0 Å². The Balaban J connectivity index is 2.35. The molecule has 0 aromatic carbocycles. The Hall–Kier alpha value is -1.11. The van der Waals surface area contributed by atoms with Gasteiger partial charge in [0, 0.05) is 32.6 Å². The molecule has 0 unspecified atom stereocenters. The van der Waals surface area contributed by atoms with Gasteiger partial charge in [-0.15, -0.1) is 0 Å². The minimum absolute atomic E-state index is 0.177. The molecule has 0 radical (unpaired) electrons. The SMILES string of the molecule is CCOC(=O)N1CCN(C(=O)CCP(=O)(O)O)CC1. The van der Waals surface area contributed by atoms with Crippen LogP contribution in [0.15, 0.2) is 0 Å². The Kier molecular flexibility index (Phi) is 5.78. The number of carbonyl (C=O) groups excluding carboxylic acids is 2. The van der Waals surface area contributed by atoms with Gasteiger partial charge >= 0.3 is 13.7 Å². The second kappa shape index (κ2) is 6.88. The van der Waals surface area contributed by atoms with Gasteiger partial charge in [-0.3, -0.25) is 9.36 Å². The zero-order valence-electron chi connectivity index (χ0n) is 10.8. The lowest BCUT2D eigenvalue weighted by atomic mass is 10.3. The average molecular weight is 294 g/mol. The topological polar surface area (TPSA) is 107 Å². The molecule has 2 N–H and O–H groups in total. The Morgan fingerprint density at radius 3 is 2.16 bits per heavy atom. The number of hydrogen-bond acceptors (Lipinski definition) is 4. The molecule has 1 aliphatic heterocycles. The summed E-state index contributed by atoms with van der Waals surface area (Å²) in [6.07, 6.45) is -1.02. The van der Waals surface area contributed by atoms with Crippen molar-refractivity contribution in [1.82, 2.24) is 9.80 Å². The van der Waals surface area contributed by atoms with Crippen LogP contribution in [0.25, 0.3) is 0 Å². The minimum Gasteiger partial charge on any atom is -0.450 e. The molecule has 1 rings (SSSR count). The van der Waals surface area contributed by atoms with Gasteiger partial charge in [-0.05, 0) is 6.92 Å². The summed E-state index contributed by atoms with van der Waals surface area (Å²) in [5.41, 5.74) is 0. The van der Waals surface area contributed by atoms with Crippen molar-refractivity contribution in [2.45, 2.75) is 13.3 Å². The third-order valence-electron chi connectivity index (χ3n) is 2.78. The van der Waals surface area contributed by atoms with E-state index in [1.165, 1.54) is 9.80 Å². The number of carbonyl (C=O) groups is 2. The van der Waals surface area contributed by atoms with Crippen molar-refractivity contribution in [3.63, 3.8) is 0 Å². The monoisotopic (exact) mass is 294 g/mol. The Morgan fingerprint density at radius 2 is 1.68 bits per heavy atom. The van der Waals surface area contributed by atoms with E-state index in [9.17, 15) is 14.2 Å². The van der Waals surface area contributed by atoms with Gasteiger partial charge in [0.05, 0.1) is 12.8 Å². The third-order valence-corrected chi connectivity index (χ3v) is 3.58. The lowest BCUT2D eigenvalue weighted by Crippen LogP contribution is -2.50. The molecule has 0 aliphatic carbocycles.